The van der Waals surface area contributed by atoms with Crippen molar-refractivity contribution in [2.75, 3.05) is 28.4 Å². The van der Waals surface area contributed by atoms with Crippen molar-refractivity contribution < 1.29 is 33.2 Å². The van der Waals surface area contributed by atoms with Gasteiger partial charge in [-0.3, -0.25) is 19.2 Å². The predicted octanol–water partition coefficient (Wildman–Crippen LogP) is 2.54. The third-order valence-corrected chi connectivity index (χ3v) is 7.42. The zero-order valence-corrected chi connectivity index (χ0v) is 28.8. The molecule has 19 nitrogen and oxygen atoms in total. The number of aromatic amines is 3. The molecule has 268 valence electrons. The summed E-state index contributed by atoms with van der Waals surface area (Å²) in [7, 11) is 5.82. The molecule has 51 heavy (non-hydrogen) atoms. The maximum atomic E-state index is 13.2. The van der Waals surface area contributed by atoms with Crippen LogP contribution in [0, 0.1) is 5.92 Å². The van der Waals surface area contributed by atoms with Crippen molar-refractivity contribution in [1.29, 1.82) is 0 Å². The summed E-state index contributed by atoms with van der Waals surface area (Å²) in [6.07, 6.45) is -2.26. The van der Waals surface area contributed by atoms with Crippen LogP contribution < -0.4 is 40.9 Å². The van der Waals surface area contributed by atoms with Crippen LogP contribution in [0.2, 0.25) is 0 Å². The Morgan fingerprint density at radius 2 is 1.08 bits per heavy atom. The Morgan fingerprint density at radius 1 is 0.627 bits per heavy atom. The maximum absolute atomic E-state index is 13.2. The zero-order chi connectivity index (χ0) is 37.1. The number of nitrogens with one attached hydrogen (secondary N) is 3. The number of nitrogens with zero attached hydrogens (tertiary/aromatic N) is 5. The van der Waals surface area contributed by atoms with Crippen molar-refractivity contribution in [3.63, 3.8) is 0 Å². The average Bonchev–Trinajstić information content (AvgIpc) is 3.74. The second-order valence-electron chi connectivity index (χ2n) is 11.5. The van der Waals surface area contributed by atoms with Gasteiger partial charge in [-0.2, -0.15) is 15.4 Å². The van der Waals surface area contributed by atoms with Gasteiger partial charge in [-0.1, -0.05) is 13.8 Å². The summed E-state index contributed by atoms with van der Waals surface area (Å²) in [5.41, 5.74) is -1.93. The summed E-state index contributed by atoms with van der Waals surface area (Å²) >= 11 is 0. The van der Waals surface area contributed by atoms with Crippen molar-refractivity contribution in [2.45, 2.75) is 40.0 Å². The maximum Gasteiger partial charge on any atom is 0.510 e. The van der Waals surface area contributed by atoms with Gasteiger partial charge >= 0.3 is 6.16 Å². The molecule has 0 aliphatic rings. The number of benzene rings is 2. The molecule has 0 saturated carbocycles. The average molecular weight is 707 g/mol. The number of methoxy groups -OCH3 is 4. The van der Waals surface area contributed by atoms with Gasteiger partial charge in [0.25, 0.3) is 11.1 Å². The number of hydrogen-bond donors (Lipinski definition) is 3. The lowest BCUT2D eigenvalue weighted by atomic mass is 10.2. The fourth-order valence-corrected chi connectivity index (χ4v) is 5.02. The van der Waals surface area contributed by atoms with Gasteiger partial charge in [-0.25, -0.2) is 4.79 Å². The minimum absolute atomic E-state index is 0.0199. The molecular weight excluding hydrogens is 672 g/mol. The quantitative estimate of drug-likeness (QED) is 0.193. The molecule has 0 aliphatic heterocycles. The molecule has 0 radical (unpaired) electrons. The monoisotopic (exact) mass is 706 g/mol. The van der Waals surface area contributed by atoms with Crippen molar-refractivity contribution in [3.8, 4) is 23.0 Å². The van der Waals surface area contributed by atoms with Crippen LogP contribution in [0.4, 0.5) is 4.79 Å². The van der Waals surface area contributed by atoms with E-state index in [0.29, 0.717) is 28.5 Å². The molecule has 6 rings (SSSR count). The van der Waals surface area contributed by atoms with Crippen molar-refractivity contribution >= 4 is 50.0 Å². The number of hydrogen-bond acceptors (Lipinski definition) is 15. The largest absolute Gasteiger partial charge is 0.510 e. The Balaban J connectivity index is 0.000000216. The van der Waals surface area contributed by atoms with E-state index < -0.39 is 34.4 Å². The lowest BCUT2D eigenvalue weighted by molar-refractivity contribution is -0.0463. The van der Waals surface area contributed by atoms with Gasteiger partial charge < -0.3 is 38.4 Å². The molecule has 2 aromatic carbocycles. The number of H-pyrrole nitrogens is 3. The second kappa shape index (κ2) is 14.5. The summed E-state index contributed by atoms with van der Waals surface area (Å²) < 4.78 is 31.1. The number of carbonyl (C=O) groups is 1. The first-order valence-corrected chi connectivity index (χ1v) is 15.3. The SMILES string of the molecule is COc1cc2[nH]c(=O)c3n[nH]nc3c(=O)c2cc1OC.COc1cc2[nH]c(=O)c3nn(C(OC(=O)OC(C)C)C(C)C)nc3c(=O)c2cc1OC. The van der Waals surface area contributed by atoms with Crippen LogP contribution in [0.3, 0.4) is 0 Å². The Kier molecular flexibility index (Phi) is 10.2. The van der Waals surface area contributed by atoms with E-state index in [1.165, 1.54) is 52.7 Å². The van der Waals surface area contributed by atoms with Crippen molar-refractivity contribution in [2.24, 2.45) is 5.92 Å². The van der Waals surface area contributed by atoms with Crippen molar-refractivity contribution in [3.05, 3.63) is 65.4 Å². The van der Waals surface area contributed by atoms with Gasteiger partial charge in [0.1, 0.15) is 0 Å². The molecule has 3 N–H and O–H groups in total. The number of carbonyl (C=O) groups excluding carboxylic acids is 1. The molecule has 0 saturated heterocycles. The molecule has 0 spiro atoms. The number of rotatable bonds is 8. The highest BCUT2D eigenvalue weighted by atomic mass is 16.7. The van der Waals surface area contributed by atoms with E-state index in [0.717, 1.165) is 4.80 Å². The topological polar surface area (TPSA) is 245 Å². The number of aromatic nitrogens is 8. The van der Waals surface area contributed by atoms with E-state index in [-0.39, 0.29) is 50.4 Å². The molecule has 0 aliphatic carbocycles. The Hall–Kier alpha value is -6.53. The summed E-state index contributed by atoms with van der Waals surface area (Å²) in [6.45, 7) is 6.92. The summed E-state index contributed by atoms with van der Waals surface area (Å²) in [5.74, 6) is 1.20. The van der Waals surface area contributed by atoms with Crippen molar-refractivity contribution in [1.82, 2.24) is 40.4 Å². The molecule has 19 heteroatoms. The highest BCUT2D eigenvalue weighted by Crippen LogP contribution is 2.31. The van der Waals surface area contributed by atoms with Gasteiger partial charge in [0.2, 0.25) is 17.1 Å². The van der Waals surface area contributed by atoms with Crippen LogP contribution >= 0.6 is 0 Å². The van der Waals surface area contributed by atoms with E-state index in [2.05, 4.69) is 35.6 Å². The Labute approximate surface area is 286 Å². The van der Waals surface area contributed by atoms with Gasteiger partial charge in [0.15, 0.2) is 45.1 Å². The zero-order valence-electron chi connectivity index (χ0n) is 28.8. The smallest absolute Gasteiger partial charge is 0.493 e. The predicted molar refractivity (Wildman–Crippen MR) is 183 cm³/mol. The van der Waals surface area contributed by atoms with Crippen LogP contribution in [0.5, 0.6) is 23.0 Å². The normalized spacial score (nSPS) is 11.8. The second-order valence-corrected chi connectivity index (χ2v) is 11.5. The first kappa shape index (κ1) is 35.8. The lowest BCUT2D eigenvalue weighted by Crippen LogP contribution is -2.26. The highest BCUT2D eigenvalue weighted by Gasteiger charge is 2.26. The van der Waals surface area contributed by atoms with Gasteiger partial charge in [0.05, 0.1) is 56.3 Å². The molecule has 0 amide bonds. The third-order valence-electron chi connectivity index (χ3n) is 7.42. The van der Waals surface area contributed by atoms with E-state index in [4.69, 9.17) is 28.4 Å². The summed E-state index contributed by atoms with van der Waals surface area (Å²) in [4.78, 5) is 68.6. The molecule has 0 bridgehead atoms. The third kappa shape index (κ3) is 6.98. The molecule has 4 heterocycles. The van der Waals surface area contributed by atoms with Crippen LogP contribution in [0.1, 0.15) is 33.9 Å². The molecule has 1 unspecified atom stereocenters. The summed E-state index contributed by atoms with van der Waals surface area (Å²) in [6, 6.07) is 5.98. The molecule has 0 fully saturated rings. The fraction of sp³-hybridized carbons (Fsp3) is 0.344. The first-order valence-electron chi connectivity index (χ1n) is 15.3. The minimum Gasteiger partial charge on any atom is -0.493 e. The van der Waals surface area contributed by atoms with Crippen LogP contribution in [0.15, 0.2) is 43.4 Å². The van der Waals surface area contributed by atoms with E-state index >= 15 is 0 Å². The van der Waals surface area contributed by atoms with E-state index in [1.807, 2.05) is 0 Å². The number of fused-ring (bicyclic) bond motifs is 4. The molecular formula is C32H34N8O11. The van der Waals surface area contributed by atoms with Crippen LogP contribution in [-0.2, 0) is 9.47 Å². The first-order chi connectivity index (χ1) is 24.3. The highest BCUT2D eigenvalue weighted by molar-refractivity contribution is 5.89. The van der Waals surface area contributed by atoms with Gasteiger partial charge in [-0.05, 0) is 26.0 Å². The lowest BCUT2D eigenvalue weighted by Gasteiger charge is -2.20. The standard InChI is InChI=1S/C20H24N4O7.C12H10N4O4/c1-9(2)19(31-20(27)30-10(3)4)24-22-15-16(23-24)18(26)21-12-8-14(29-6)13(28-5)7-11(12)17(15)25;1-19-7-3-5-6(4-8(7)20-2)13-12(18)10-9(11(5)17)14-16-15-10/h7-10,19H,1-6H3,(H,21,26);3-4H,1-2H3,(H,13,18)(H,14,15,16). The summed E-state index contributed by atoms with van der Waals surface area (Å²) in [5, 5.41) is 18.4. The fourth-order valence-electron chi connectivity index (χ4n) is 5.02. The van der Waals surface area contributed by atoms with Gasteiger partial charge in [0, 0.05) is 18.1 Å². The Bertz CT molecular complexity index is 2520. The molecule has 6 aromatic rings. The minimum atomic E-state index is -0.983. The van der Waals surface area contributed by atoms with Crippen LogP contribution in [0.25, 0.3) is 43.9 Å². The van der Waals surface area contributed by atoms with Gasteiger partial charge in [-0.15, -0.1) is 15.0 Å². The Morgan fingerprint density at radius 3 is 1.57 bits per heavy atom. The molecule has 4 aromatic heterocycles. The number of ether oxygens (including phenoxy) is 6. The molecule has 1 atom stereocenters. The van der Waals surface area contributed by atoms with E-state index in [9.17, 15) is 24.0 Å². The van der Waals surface area contributed by atoms with Crippen LogP contribution in [-0.4, -0.2) is 81.1 Å². The van der Waals surface area contributed by atoms with E-state index in [1.54, 1.807) is 27.7 Å².